The summed E-state index contributed by atoms with van der Waals surface area (Å²) in [5, 5.41) is 2.57. The Bertz CT molecular complexity index is 544. The van der Waals surface area contributed by atoms with Crippen molar-refractivity contribution < 1.29 is 23.1 Å². The van der Waals surface area contributed by atoms with Crippen molar-refractivity contribution in [2.75, 3.05) is 6.61 Å². The fourth-order valence-corrected chi connectivity index (χ4v) is 1.74. The second-order valence-corrected chi connectivity index (χ2v) is 5.73. The standard InChI is InChI=1S/C16H21F2NO3/c1-4-5-6-14(20)22-10-16(2,3)19-15(21)12-8-7-11(17)9-13(12)18/h7-9H,4-6,10H2,1-3H3,(H,19,21). The number of amides is 1. The zero-order valence-corrected chi connectivity index (χ0v) is 13.0. The molecule has 0 atom stereocenters. The lowest BCUT2D eigenvalue weighted by Gasteiger charge is -2.26. The molecule has 0 heterocycles. The van der Waals surface area contributed by atoms with Crippen molar-refractivity contribution in [1.29, 1.82) is 0 Å². The van der Waals surface area contributed by atoms with Gasteiger partial charge in [-0.15, -0.1) is 0 Å². The Hall–Kier alpha value is -1.98. The number of carbonyl (C=O) groups is 2. The summed E-state index contributed by atoms with van der Waals surface area (Å²) < 4.78 is 31.5. The molecule has 0 radical (unpaired) electrons. The van der Waals surface area contributed by atoms with Crippen molar-refractivity contribution in [3.05, 3.63) is 35.4 Å². The molecule has 0 aliphatic rings. The van der Waals surface area contributed by atoms with Crippen LogP contribution in [0.25, 0.3) is 0 Å². The largest absolute Gasteiger partial charge is 0.463 e. The first-order valence-electron chi connectivity index (χ1n) is 7.18. The highest BCUT2D eigenvalue weighted by atomic mass is 19.1. The maximum Gasteiger partial charge on any atom is 0.305 e. The second-order valence-electron chi connectivity index (χ2n) is 5.73. The molecule has 1 N–H and O–H groups in total. The number of hydrogen-bond acceptors (Lipinski definition) is 3. The van der Waals surface area contributed by atoms with Gasteiger partial charge >= 0.3 is 5.97 Å². The third kappa shape index (κ3) is 5.79. The third-order valence-corrected chi connectivity index (χ3v) is 2.96. The first-order chi connectivity index (χ1) is 10.2. The molecular formula is C16H21F2NO3. The molecule has 1 rings (SSSR count). The van der Waals surface area contributed by atoms with Gasteiger partial charge in [0.1, 0.15) is 18.2 Å². The van der Waals surface area contributed by atoms with Gasteiger partial charge in [-0.1, -0.05) is 13.3 Å². The first-order valence-corrected chi connectivity index (χ1v) is 7.18. The fourth-order valence-electron chi connectivity index (χ4n) is 1.74. The molecule has 0 aromatic heterocycles. The minimum absolute atomic E-state index is 0.0237. The lowest BCUT2D eigenvalue weighted by molar-refractivity contribution is -0.145. The average Bonchev–Trinajstić information content (AvgIpc) is 2.42. The third-order valence-electron chi connectivity index (χ3n) is 2.96. The normalized spacial score (nSPS) is 11.1. The molecule has 1 aromatic carbocycles. The van der Waals surface area contributed by atoms with E-state index in [0.717, 1.165) is 25.0 Å². The van der Waals surface area contributed by atoms with Crippen molar-refractivity contribution >= 4 is 11.9 Å². The van der Waals surface area contributed by atoms with Crippen molar-refractivity contribution in [1.82, 2.24) is 5.32 Å². The SMILES string of the molecule is CCCCC(=O)OCC(C)(C)NC(=O)c1ccc(F)cc1F. The number of hydrogen-bond donors (Lipinski definition) is 1. The van der Waals surface area contributed by atoms with Crippen LogP contribution >= 0.6 is 0 Å². The van der Waals surface area contributed by atoms with Crippen molar-refractivity contribution in [3.8, 4) is 0 Å². The predicted octanol–water partition coefficient (Wildman–Crippen LogP) is 3.21. The van der Waals surface area contributed by atoms with E-state index in [1.807, 2.05) is 6.92 Å². The van der Waals surface area contributed by atoms with Gasteiger partial charge in [0, 0.05) is 12.5 Å². The van der Waals surface area contributed by atoms with E-state index in [0.29, 0.717) is 12.5 Å². The van der Waals surface area contributed by atoms with Gasteiger partial charge in [0.05, 0.1) is 11.1 Å². The van der Waals surface area contributed by atoms with Gasteiger partial charge in [-0.3, -0.25) is 9.59 Å². The van der Waals surface area contributed by atoms with Crippen LogP contribution in [-0.2, 0) is 9.53 Å². The number of ether oxygens (including phenoxy) is 1. The van der Waals surface area contributed by atoms with E-state index in [-0.39, 0.29) is 18.1 Å². The van der Waals surface area contributed by atoms with Crippen molar-refractivity contribution in [2.45, 2.75) is 45.6 Å². The van der Waals surface area contributed by atoms with Crippen LogP contribution in [0.15, 0.2) is 18.2 Å². The van der Waals surface area contributed by atoms with E-state index < -0.39 is 23.1 Å². The molecule has 1 aromatic rings. The van der Waals surface area contributed by atoms with Crippen LogP contribution in [0.5, 0.6) is 0 Å². The van der Waals surface area contributed by atoms with Gasteiger partial charge in [0.25, 0.3) is 5.91 Å². The Morgan fingerprint density at radius 3 is 2.55 bits per heavy atom. The molecule has 1 amide bonds. The predicted molar refractivity (Wildman–Crippen MR) is 78.4 cm³/mol. The summed E-state index contributed by atoms with van der Waals surface area (Å²) in [5.41, 5.74) is -1.12. The fraction of sp³-hybridized carbons (Fsp3) is 0.500. The first kappa shape index (κ1) is 18.1. The van der Waals surface area contributed by atoms with E-state index in [1.165, 1.54) is 0 Å². The summed E-state index contributed by atoms with van der Waals surface area (Å²) in [6.07, 6.45) is 1.96. The molecule has 22 heavy (non-hydrogen) atoms. The molecule has 0 saturated heterocycles. The van der Waals surface area contributed by atoms with Gasteiger partial charge in [-0.05, 0) is 32.4 Å². The van der Waals surface area contributed by atoms with E-state index in [4.69, 9.17) is 4.74 Å². The summed E-state index contributed by atoms with van der Waals surface area (Å²) in [5.74, 6) is -2.71. The van der Waals surface area contributed by atoms with E-state index in [1.54, 1.807) is 13.8 Å². The van der Waals surface area contributed by atoms with Gasteiger partial charge in [0.15, 0.2) is 0 Å². The lowest BCUT2D eigenvalue weighted by atomic mass is 10.1. The second kappa shape index (κ2) is 7.87. The van der Waals surface area contributed by atoms with Gasteiger partial charge in [0.2, 0.25) is 0 Å². The smallest absolute Gasteiger partial charge is 0.305 e. The quantitative estimate of drug-likeness (QED) is 0.786. The Balaban J connectivity index is 2.59. The number of esters is 1. The van der Waals surface area contributed by atoms with Crippen molar-refractivity contribution in [3.63, 3.8) is 0 Å². The zero-order chi connectivity index (χ0) is 16.8. The van der Waals surface area contributed by atoms with Crippen LogP contribution in [0, 0.1) is 11.6 Å². The summed E-state index contributed by atoms with van der Waals surface area (Å²) in [6.45, 7) is 5.25. The monoisotopic (exact) mass is 313 g/mol. The van der Waals surface area contributed by atoms with Crippen LogP contribution < -0.4 is 5.32 Å². The summed E-state index contributed by atoms with van der Waals surface area (Å²) >= 11 is 0. The molecule has 0 aliphatic carbocycles. The maximum absolute atomic E-state index is 13.5. The van der Waals surface area contributed by atoms with Crippen LogP contribution in [0.3, 0.4) is 0 Å². The van der Waals surface area contributed by atoms with Gasteiger partial charge in [-0.2, -0.15) is 0 Å². The number of unbranched alkanes of at least 4 members (excludes halogenated alkanes) is 1. The Labute approximate surface area is 128 Å². The molecule has 6 heteroatoms. The van der Waals surface area contributed by atoms with Crippen molar-refractivity contribution in [2.24, 2.45) is 0 Å². The summed E-state index contributed by atoms with van der Waals surface area (Å²) in [4.78, 5) is 23.5. The lowest BCUT2D eigenvalue weighted by Crippen LogP contribution is -2.47. The minimum atomic E-state index is -0.937. The topological polar surface area (TPSA) is 55.4 Å². The number of benzene rings is 1. The number of carbonyl (C=O) groups excluding carboxylic acids is 2. The Morgan fingerprint density at radius 1 is 1.27 bits per heavy atom. The maximum atomic E-state index is 13.5. The average molecular weight is 313 g/mol. The van der Waals surface area contributed by atoms with Crippen LogP contribution in [-0.4, -0.2) is 24.0 Å². The molecule has 4 nitrogen and oxygen atoms in total. The molecule has 122 valence electrons. The van der Waals surface area contributed by atoms with Gasteiger partial charge in [-0.25, -0.2) is 8.78 Å². The number of halogens is 2. The van der Waals surface area contributed by atoms with E-state index >= 15 is 0 Å². The highest BCUT2D eigenvalue weighted by Gasteiger charge is 2.24. The Morgan fingerprint density at radius 2 is 1.95 bits per heavy atom. The van der Waals surface area contributed by atoms with Gasteiger partial charge < -0.3 is 10.1 Å². The highest BCUT2D eigenvalue weighted by molar-refractivity contribution is 5.94. The van der Waals surface area contributed by atoms with E-state index in [9.17, 15) is 18.4 Å². The summed E-state index contributed by atoms with van der Waals surface area (Å²) in [7, 11) is 0. The molecular weight excluding hydrogens is 292 g/mol. The zero-order valence-electron chi connectivity index (χ0n) is 13.0. The van der Waals surface area contributed by atoms with Crippen LogP contribution in [0.2, 0.25) is 0 Å². The van der Waals surface area contributed by atoms with Crippen LogP contribution in [0.1, 0.15) is 50.4 Å². The van der Waals surface area contributed by atoms with Crippen LogP contribution in [0.4, 0.5) is 8.78 Å². The highest BCUT2D eigenvalue weighted by Crippen LogP contribution is 2.12. The number of rotatable bonds is 7. The molecule has 0 unspecified atom stereocenters. The molecule has 0 saturated carbocycles. The summed E-state index contributed by atoms with van der Waals surface area (Å²) in [6, 6.07) is 2.73. The van der Waals surface area contributed by atoms with E-state index in [2.05, 4.69) is 5.32 Å². The molecule has 0 fully saturated rings. The Kier molecular flexibility index (Phi) is 6.46. The molecule has 0 bridgehead atoms. The number of nitrogens with one attached hydrogen (secondary N) is 1. The molecule has 0 aliphatic heterocycles. The molecule has 0 spiro atoms. The minimum Gasteiger partial charge on any atom is -0.463 e.